The molecule has 19 heteroatoms. The van der Waals surface area contributed by atoms with Crippen LogP contribution in [0.15, 0.2) is 6.20 Å². The molecule has 0 spiro atoms. The van der Waals surface area contributed by atoms with E-state index in [1.807, 2.05) is 6.07 Å². The fourth-order valence-electron chi connectivity index (χ4n) is 4.06. The van der Waals surface area contributed by atoms with E-state index in [0.717, 1.165) is 10.9 Å². The van der Waals surface area contributed by atoms with Gasteiger partial charge in [0.15, 0.2) is 29.1 Å². The molecule has 0 aromatic carbocycles. The van der Waals surface area contributed by atoms with E-state index in [2.05, 4.69) is 14.6 Å². The Balaban J connectivity index is 1.63. The molecule has 2 saturated heterocycles. The van der Waals surface area contributed by atoms with Gasteiger partial charge in [-0.3, -0.25) is 9.13 Å². The van der Waals surface area contributed by atoms with Crippen LogP contribution < -0.4 is 4.90 Å². The molecule has 0 aliphatic carbocycles. The van der Waals surface area contributed by atoms with Crippen molar-refractivity contribution >= 4 is 43.5 Å². The van der Waals surface area contributed by atoms with Crippen molar-refractivity contribution < 1.29 is 51.3 Å². The maximum absolute atomic E-state index is 15.0. The number of halogens is 4. The molecule has 4 rings (SSSR count). The van der Waals surface area contributed by atoms with E-state index in [9.17, 15) is 37.6 Å². The zero-order chi connectivity index (χ0) is 26.6. The number of ether oxygens (including phenoxy) is 1. The van der Waals surface area contributed by atoms with E-state index < -0.39 is 71.2 Å². The molecule has 0 amide bonds. The maximum atomic E-state index is 15.0. The average molecular weight is 576 g/mol. The second-order valence-corrected chi connectivity index (χ2v) is 12.7. The topological polar surface area (TPSA) is 191 Å². The van der Waals surface area contributed by atoms with E-state index in [4.69, 9.17) is 26.1 Å². The Morgan fingerprint density at radius 3 is 2.64 bits per heavy atom. The van der Waals surface area contributed by atoms with E-state index >= 15 is 0 Å². The van der Waals surface area contributed by atoms with Gasteiger partial charge in [-0.25, -0.2) is 22.8 Å². The van der Waals surface area contributed by atoms with Crippen LogP contribution in [0, 0.1) is 11.3 Å². The third-order valence-electron chi connectivity index (χ3n) is 5.61. The lowest BCUT2D eigenvalue weighted by atomic mass is 10.1. The zero-order valence-corrected chi connectivity index (χ0v) is 20.5. The molecule has 13 nitrogen and oxygen atoms in total. The van der Waals surface area contributed by atoms with E-state index in [1.165, 1.54) is 4.90 Å². The second-order valence-electron chi connectivity index (χ2n) is 8.33. The number of anilines is 1. The number of hydrogen-bond acceptors (Lipinski definition) is 9. The highest BCUT2D eigenvalue weighted by molar-refractivity contribution is 7.70. The van der Waals surface area contributed by atoms with E-state index in [0.29, 0.717) is 0 Å². The lowest BCUT2D eigenvalue weighted by Gasteiger charge is -2.21. The zero-order valence-electron chi connectivity index (χ0n) is 18.0. The summed E-state index contributed by atoms with van der Waals surface area (Å²) in [5.41, 5.74) is -0.288. The Bertz CT molecular complexity index is 1320. The van der Waals surface area contributed by atoms with Crippen LogP contribution in [0.3, 0.4) is 0 Å². The van der Waals surface area contributed by atoms with Crippen molar-refractivity contribution in [2.75, 3.05) is 30.5 Å². The van der Waals surface area contributed by atoms with Gasteiger partial charge >= 0.3 is 15.2 Å². The minimum absolute atomic E-state index is 0.0309. The van der Waals surface area contributed by atoms with Crippen LogP contribution in [0.5, 0.6) is 0 Å². The normalized spacial score (nSPS) is 27.9. The number of rotatable bonds is 7. The Morgan fingerprint density at radius 2 is 2.06 bits per heavy atom. The summed E-state index contributed by atoms with van der Waals surface area (Å²) in [6, 6.07) is 1.82. The molecule has 5 atom stereocenters. The Hall–Kier alpha value is -1.79. The van der Waals surface area contributed by atoms with Gasteiger partial charge in [0.25, 0.3) is 5.92 Å². The molecule has 198 valence electrons. The van der Waals surface area contributed by atoms with Crippen LogP contribution in [-0.4, -0.2) is 84.5 Å². The van der Waals surface area contributed by atoms with E-state index in [-0.39, 0.29) is 34.0 Å². The van der Waals surface area contributed by atoms with Gasteiger partial charge in [0.05, 0.1) is 30.4 Å². The van der Waals surface area contributed by atoms with Crippen LogP contribution in [-0.2, 0) is 18.4 Å². The summed E-state index contributed by atoms with van der Waals surface area (Å²) in [5.74, 6) is -4.50. The molecule has 2 fully saturated rings. The number of nitriles is 1. The number of aliphatic hydroxyl groups excluding tert-OH is 1. The summed E-state index contributed by atoms with van der Waals surface area (Å²) >= 11 is 6.12. The van der Waals surface area contributed by atoms with Crippen molar-refractivity contribution in [2.24, 2.45) is 0 Å². The van der Waals surface area contributed by atoms with Gasteiger partial charge in [0.2, 0.25) is 0 Å². The quantitative estimate of drug-likeness (QED) is 0.276. The summed E-state index contributed by atoms with van der Waals surface area (Å²) in [6.07, 6.45) is -6.62. The van der Waals surface area contributed by atoms with Crippen LogP contribution in [0.1, 0.15) is 18.2 Å². The van der Waals surface area contributed by atoms with Crippen molar-refractivity contribution in [3.63, 3.8) is 0 Å². The number of aliphatic hydroxyl groups is 1. The van der Waals surface area contributed by atoms with Gasteiger partial charge in [-0.1, -0.05) is 11.6 Å². The van der Waals surface area contributed by atoms with Crippen molar-refractivity contribution in [3.8, 4) is 6.07 Å². The number of hydrogen-bond donors (Lipinski definition) is 4. The lowest BCUT2D eigenvalue weighted by molar-refractivity contribution is -0.0472. The molecule has 2 aliphatic heterocycles. The molecular weight excluding hydrogens is 557 g/mol. The summed E-state index contributed by atoms with van der Waals surface area (Å²) in [4.78, 5) is 32.6. The Labute approximate surface area is 205 Å². The molecule has 36 heavy (non-hydrogen) atoms. The van der Waals surface area contributed by atoms with Crippen molar-refractivity contribution in [1.29, 1.82) is 5.26 Å². The predicted molar refractivity (Wildman–Crippen MR) is 117 cm³/mol. The van der Waals surface area contributed by atoms with Gasteiger partial charge in [-0.05, 0) is 0 Å². The number of pyridine rings is 1. The minimum Gasteiger partial charge on any atom is -0.387 e. The molecule has 4 N–H and O–H groups in total. The minimum atomic E-state index is -4.91. The van der Waals surface area contributed by atoms with Gasteiger partial charge < -0.3 is 33.9 Å². The number of aromatic nitrogens is 3. The summed E-state index contributed by atoms with van der Waals surface area (Å²) in [6.45, 7) is -1.68. The molecule has 4 heterocycles. The van der Waals surface area contributed by atoms with Gasteiger partial charge in [-0.2, -0.15) is 10.4 Å². The summed E-state index contributed by atoms with van der Waals surface area (Å²) in [7, 11) is -9.72. The second kappa shape index (κ2) is 9.50. The van der Waals surface area contributed by atoms with Gasteiger partial charge in [0, 0.05) is 13.0 Å². The summed E-state index contributed by atoms with van der Waals surface area (Å²) in [5, 5.41) is 23.5. The molecule has 2 aromatic rings. The molecule has 1 unspecified atom stereocenters. The highest BCUT2D eigenvalue weighted by Gasteiger charge is 2.48. The molecule has 0 radical (unpaired) electrons. The smallest absolute Gasteiger partial charge is 0.340 e. The first kappa shape index (κ1) is 27.3. The van der Waals surface area contributed by atoms with Crippen LogP contribution in [0.25, 0.3) is 11.0 Å². The van der Waals surface area contributed by atoms with Crippen molar-refractivity contribution in [1.82, 2.24) is 14.8 Å². The molecular formula is C17H19ClF3N5O8P2. The third kappa shape index (κ3) is 5.40. The first-order valence-electron chi connectivity index (χ1n) is 10.2. The number of alkyl halides is 3. The fourth-order valence-corrected chi connectivity index (χ4v) is 6.84. The highest BCUT2D eigenvalue weighted by Crippen LogP contribution is 2.55. The average Bonchev–Trinajstić information content (AvgIpc) is 3.40. The maximum Gasteiger partial charge on any atom is 0.340 e. The van der Waals surface area contributed by atoms with Crippen molar-refractivity contribution in [3.05, 3.63) is 16.9 Å². The molecule has 2 aliphatic rings. The number of nitrogens with zero attached hydrogens (tertiary/aromatic N) is 5. The van der Waals surface area contributed by atoms with E-state index in [1.54, 1.807) is 0 Å². The fraction of sp³-hybridized carbons (Fsp3) is 0.588. The predicted octanol–water partition coefficient (Wildman–Crippen LogP) is 1.74. The Kier molecular flexibility index (Phi) is 7.19. The molecule has 2 aromatic heterocycles. The summed E-state index contributed by atoms with van der Waals surface area (Å²) < 4.78 is 76.4. The van der Waals surface area contributed by atoms with Gasteiger partial charge in [0.1, 0.15) is 23.8 Å². The van der Waals surface area contributed by atoms with Gasteiger partial charge in [-0.15, -0.1) is 0 Å². The van der Waals surface area contributed by atoms with Crippen molar-refractivity contribution in [2.45, 2.75) is 37.0 Å². The van der Waals surface area contributed by atoms with Crippen LogP contribution in [0.2, 0.25) is 5.15 Å². The monoisotopic (exact) mass is 575 g/mol. The SMILES string of the molecule is N#Cc1c(Cl)nc2c(cnn2[C@@H]2O[C@H](COP(=O)(O)CP(=O)(O)O)[C@@H](O)[C@@H]2F)c1N1CCC(F)(F)C1. The number of fused-ring (bicyclic) bond motifs is 1. The largest absolute Gasteiger partial charge is 0.387 e. The lowest BCUT2D eigenvalue weighted by Crippen LogP contribution is -2.31. The van der Waals surface area contributed by atoms with Crippen LogP contribution >= 0.6 is 26.8 Å². The van der Waals surface area contributed by atoms with Crippen LogP contribution in [0.4, 0.5) is 18.9 Å². The Morgan fingerprint density at radius 1 is 1.36 bits per heavy atom. The highest BCUT2D eigenvalue weighted by atomic mass is 35.5. The molecule has 0 bridgehead atoms. The first-order chi connectivity index (χ1) is 16.6. The third-order valence-corrected chi connectivity index (χ3v) is 9.34. The molecule has 0 saturated carbocycles. The standard InChI is InChI=1S/C17H19ClF3N5O8P2/c18-14-8(3-22)12(25-2-1-17(20,21)6-25)9-4-23-26(15(9)24-14)16-11(19)13(27)10(34-16)5-33-36(31,32)7-35(28,29)30/h4,10-11,13,16,27H,1-2,5-7H2,(H,31,32)(H2,28,29,30)/t10-,11+,13-,16-/m1/s1. The first-order valence-corrected chi connectivity index (χ1v) is 14.1.